The van der Waals surface area contributed by atoms with E-state index >= 15 is 0 Å². The zero-order valence-corrected chi connectivity index (χ0v) is 16.9. The summed E-state index contributed by atoms with van der Waals surface area (Å²) in [4.78, 5) is 5.26. The molecule has 1 rings (SSSR count). The Kier molecular flexibility index (Phi) is 13.1. The predicted molar refractivity (Wildman–Crippen MR) is 108 cm³/mol. The molecule has 0 fully saturated rings. The third kappa shape index (κ3) is 8.99. The van der Waals surface area contributed by atoms with E-state index in [1.807, 2.05) is 0 Å². The minimum absolute atomic E-state index is 0.648. The van der Waals surface area contributed by atoms with E-state index in [1.54, 1.807) is 0 Å². The molecule has 0 amide bonds. The second-order valence-corrected chi connectivity index (χ2v) is 7.58. The molecule has 24 heavy (non-hydrogen) atoms. The molecule has 1 aliphatic heterocycles. The van der Waals surface area contributed by atoms with Gasteiger partial charge in [0.15, 0.2) is 0 Å². The molecule has 2 nitrogen and oxygen atoms in total. The van der Waals surface area contributed by atoms with E-state index in [-0.39, 0.29) is 0 Å². The first kappa shape index (κ1) is 21.4. The van der Waals surface area contributed by atoms with Gasteiger partial charge in [0.05, 0.1) is 0 Å². The zero-order valence-electron chi connectivity index (χ0n) is 16.9. The van der Waals surface area contributed by atoms with Gasteiger partial charge in [-0.05, 0) is 25.7 Å². The van der Waals surface area contributed by atoms with Crippen molar-refractivity contribution >= 4 is 0 Å². The number of unbranched alkanes of at least 4 members (excludes halogenated alkanes) is 10. The predicted octanol–water partition coefficient (Wildman–Crippen LogP) is 6.92. The smallest absolute Gasteiger partial charge is 0.101 e. The number of rotatable bonds is 16. The summed E-state index contributed by atoms with van der Waals surface area (Å²) in [6.07, 6.45) is 24.7. The van der Waals surface area contributed by atoms with E-state index in [2.05, 4.69) is 43.0 Å². The van der Waals surface area contributed by atoms with E-state index in [1.165, 1.54) is 103 Å². The van der Waals surface area contributed by atoms with Crippen LogP contribution in [0.5, 0.6) is 0 Å². The minimum Gasteiger partial charge on any atom is -0.356 e. The van der Waals surface area contributed by atoms with Crippen LogP contribution >= 0.6 is 0 Å². The van der Waals surface area contributed by atoms with E-state index in [0.29, 0.717) is 6.17 Å². The van der Waals surface area contributed by atoms with E-state index in [9.17, 15) is 0 Å². The van der Waals surface area contributed by atoms with Gasteiger partial charge in [-0.2, -0.15) is 0 Å². The van der Waals surface area contributed by atoms with Gasteiger partial charge in [-0.25, -0.2) is 0 Å². The normalized spacial score (nSPS) is 17.2. The minimum atomic E-state index is 0.648. The van der Waals surface area contributed by atoms with E-state index < -0.39 is 0 Å². The number of hydrogen-bond donors (Lipinski definition) is 0. The first-order valence-electron chi connectivity index (χ1n) is 11.0. The molecule has 142 valence electrons. The maximum absolute atomic E-state index is 2.64. The third-order valence-corrected chi connectivity index (χ3v) is 5.32. The van der Waals surface area contributed by atoms with Gasteiger partial charge in [-0.3, -0.25) is 0 Å². The van der Waals surface area contributed by atoms with Crippen LogP contribution in [0.25, 0.3) is 0 Å². The van der Waals surface area contributed by atoms with Crippen LogP contribution in [0.2, 0.25) is 0 Å². The molecular formula is C22H44N2. The first-order chi connectivity index (χ1) is 11.8. The van der Waals surface area contributed by atoms with E-state index in [0.717, 1.165) is 0 Å². The fourth-order valence-electron chi connectivity index (χ4n) is 3.71. The molecule has 0 N–H and O–H groups in total. The number of hydrogen-bond acceptors (Lipinski definition) is 2. The summed E-state index contributed by atoms with van der Waals surface area (Å²) in [6, 6.07) is 0. The molecule has 1 aliphatic rings. The molecule has 0 bridgehead atoms. The van der Waals surface area contributed by atoms with Crippen molar-refractivity contribution < 1.29 is 0 Å². The maximum Gasteiger partial charge on any atom is 0.101 e. The highest BCUT2D eigenvalue weighted by molar-refractivity contribution is 4.96. The molecule has 1 atom stereocenters. The van der Waals surface area contributed by atoms with Gasteiger partial charge in [0.2, 0.25) is 0 Å². The van der Waals surface area contributed by atoms with Crippen LogP contribution in [0.1, 0.15) is 111 Å². The topological polar surface area (TPSA) is 6.48 Å². The lowest BCUT2D eigenvalue weighted by Gasteiger charge is -2.33. The SMILES string of the molecule is CCCCCCCC1N(CCCCC)C=CN1CCCCCCC. The molecule has 1 heterocycles. The van der Waals surface area contributed by atoms with Gasteiger partial charge >= 0.3 is 0 Å². The van der Waals surface area contributed by atoms with E-state index in [4.69, 9.17) is 0 Å². The van der Waals surface area contributed by atoms with Crippen molar-refractivity contribution in [2.45, 2.75) is 117 Å². The highest BCUT2D eigenvalue weighted by atomic mass is 15.4. The standard InChI is InChI=1S/C22H44N2/c1-4-7-10-12-14-17-22-23(18-15-9-6-3)20-21-24(22)19-16-13-11-8-5-2/h20-22H,4-19H2,1-3H3. The average molecular weight is 337 g/mol. The Balaban J connectivity index is 2.34. The van der Waals surface area contributed by atoms with Crippen molar-refractivity contribution in [3.63, 3.8) is 0 Å². The average Bonchev–Trinajstić information content (AvgIpc) is 2.97. The summed E-state index contributed by atoms with van der Waals surface area (Å²) in [7, 11) is 0. The van der Waals surface area contributed by atoms with Crippen LogP contribution in [0, 0.1) is 0 Å². The quantitative estimate of drug-likeness (QED) is 0.282. The van der Waals surface area contributed by atoms with Crippen molar-refractivity contribution in [3.05, 3.63) is 12.4 Å². The molecule has 0 aromatic heterocycles. The maximum atomic E-state index is 2.64. The Morgan fingerprint density at radius 1 is 0.542 bits per heavy atom. The lowest BCUT2D eigenvalue weighted by atomic mass is 10.1. The molecule has 0 saturated carbocycles. The van der Waals surface area contributed by atoms with Crippen molar-refractivity contribution in [2.75, 3.05) is 13.1 Å². The molecule has 0 radical (unpaired) electrons. The summed E-state index contributed by atoms with van der Waals surface area (Å²) in [5.41, 5.74) is 0. The van der Waals surface area contributed by atoms with Crippen LogP contribution in [-0.4, -0.2) is 29.1 Å². The number of nitrogens with zero attached hydrogens (tertiary/aromatic N) is 2. The lowest BCUT2D eigenvalue weighted by molar-refractivity contribution is 0.135. The lowest BCUT2D eigenvalue weighted by Crippen LogP contribution is -2.39. The van der Waals surface area contributed by atoms with Gasteiger partial charge in [0.25, 0.3) is 0 Å². The Morgan fingerprint density at radius 2 is 0.958 bits per heavy atom. The fraction of sp³-hybridized carbons (Fsp3) is 0.909. The molecular weight excluding hydrogens is 292 g/mol. The van der Waals surface area contributed by atoms with Gasteiger partial charge in [0.1, 0.15) is 6.17 Å². The Morgan fingerprint density at radius 3 is 1.50 bits per heavy atom. The molecule has 2 heteroatoms. The fourth-order valence-corrected chi connectivity index (χ4v) is 3.71. The Labute approximate surface area is 152 Å². The molecule has 1 unspecified atom stereocenters. The van der Waals surface area contributed by atoms with Crippen LogP contribution in [0.15, 0.2) is 12.4 Å². The zero-order chi connectivity index (χ0) is 17.5. The van der Waals surface area contributed by atoms with Crippen LogP contribution in [0.4, 0.5) is 0 Å². The van der Waals surface area contributed by atoms with Gasteiger partial charge < -0.3 is 9.80 Å². The van der Waals surface area contributed by atoms with Crippen molar-refractivity contribution in [3.8, 4) is 0 Å². The summed E-state index contributed by atoms with van der Waals surface area (Å²) in [5, 5.41) is 0. The van der Waals surface area contributed by atoms with Gasteiger partial charge in [0, 0.05) is 25.5 Å². The molecule has 0 aliphatic carbocycles. The molecule has 0 aromatic rings. The van der Waals surface area contributed by atoms with Crippen molar-refractivity contribution in [1.82, 2.24) is 9.80 Å². The Hall–Kier alpha value is -0.660. The summed E-state index contributed by atoms with van der Waals surface area (Å²) >= 11 is 0. The highest BCUT2D eigenvalue weighted by Crippen LogP contribution is 2.23. The second-order valence-electron chi connectivity index (χ2n) is 7.58. The highest BCUT2D eigenvalue weighted by Gasteiger charge is 2.24. The largest absolute Gasteiger partial charge is 0.356 e. The molecule has 0 aromatic carbocycles. The van der Waals surface area contributed by atoms with Crippen LogP contribution in [-0.2, 0) is 0 Å². The second kappa shape index (κ2) is 14.7. The van der Waals surface area contributed by atoms with Crippen LogP contribution < -0.4 is 0 Å². The van der Waals surface area contributed by atoms with Crippen molar-refractivity contribution in [2.24, 2.45) is 0 Å². The molecule has 0 spiro atoms. The van der Waals surface area contributed by atoms with Crippen molar-refractivity contribution in [1.29, 1.82) is 0 Å². The summed E-state index contributed by atoms with van der Waals surface area (Å²) in [6.45, 7) is 9.40. The summed E-state index contributed by atoms with van der Waals surface area (Å²) < 4.78 is 0. The molecule has 0 saturated heterocycles. The summed E-state index contributed by atoms with van der Waals surface area (Å²) in [5.74, 6) is 0. The van der Waals surface area contributed by atoms with Gasteiger partial charge in [-0.15, -0.1) is 0 Å². The Bertz CT molecular complexity index is 300. The van der Waals surface area contributed by atoms with Gasteiger partial charge in [-0.1, -0.05) is 85.0 Å². The first-order valence-corrected chi connectivity index (χ1v) is 11.0. The van der Waals surface area contributed by atoms with Crippen LogP contribution in [0.3, 0.4) is 0 Å². The third-order valence-electron chi connectivity index (χ3n) is 5.32. The monoisotopic (exact) mass is 336 g/mol.